The highest BCUT2D eigenvalue weighted by atomic mass is 16.1. The predicted octanol–water partition coefficient (Wildman–Crippen LogP) is 3.78. The zero-order chi connectivity index (χ0) is 20.1. The fraction of sp³-hybridized carbons (Fsp3) is 0.480. The van der Waals surface area contributed by atoms with Crippen molar-refractivity contribution < 1.29 is 4.79 Å². The molecule has 154 valence electrons. The van der Waals surface area contributed by atoms with Crippen molar-refractivity contribution in [3.63, 3.8) is 0 Å². The van der Waals surface area contributed by atoms with Crippen LogP contribution < -0.4 is 10.2 Å². The number of nitrogens with one attached hydrogen (secondary N) is 1. The first-order valence-electron chi connectivity index (χ1n) is 11.1. The van der Waals surface area contributed by atoms with Gasteiger partial charge in [-0.15, -0.1) is 0 Å². The van der Waals surface area contributed by atoms with E-state index in [1.54, 1.807) is 0 Å². The molecular formula is C25H33N3O. The number of hydrogen-bond donors (Lipinski definition) is 1. The van der Waals surface area contributed by atoms with Crippen LogP contribution in [0.25, 0.3) is 0 Å². The van der Waals surface area contributed by atoms with E-state index in [1.807, 2.05) is 0 Å². The van der Waals surface area contributed by atoms with Crippen LogP contribution in [0.1, 0.15) is 36.0 Å². The van der Waals surface area contributed by atoms with Crippen molar-refractivity contribution in [1.29, 1.82) is 0 Å². The summed E-state index contributed by atoms with van der Waals surface area (Å²) in [6, 6.07) is 17.4. The molecule has 1 unspecified atom stereocenters. The minimum Gasteiger partial charge on any atom is -0.371 e. The molecule has 0 aliphatic carbocycles. The van der Waals surface area contributed by atoms with E-state index < -0.39 is 0 Å². The van der Waals surface area contributed by atoms with Gasteiger partial charge in [0.25, 0.3) is 0 Å². The maximum atomic E-state index is 12.7. The molecule has 0 radical (unpaired) electrons. The lowest BCUT2D eigenvalue weighted by Crippen LogP contribution is -2.43. The van der Waals surface area contributed by atoms with E-state index in [0.29, 0.717) is 0 Å². The van der Waals surface area contributed by atoms with Gasteiger partial charge in [0.2, 0.25) is 5.91 Å². The van der Waals surface area contributed by atoms with Gasteiger partial charge in [-0.1, -0.05) is 36.4 Å². The highest BCUT2D eigenvalue weighted by Crippen LogP contribution is 2.24. The molecule has 2 aliphatic heterocycles. The average Bonchev–Trinajstić information content (AvgIpc) is 2.76. The zero-order valence-corrected chi connectivity index (χ0v) is 17.6. The summed E-state index contributed by atoms with van der Waals surface area (Å²) in [4.78, 5) is 17.6. The summed E-state index contributed by atoms with van der Waals surface area (Å²) in [6.07, 6.45) is 4.23. The summed E-state index contributed by atoms with van der Waals surface area (Å²) >= 11 is 0. The summed E-state index contributed by atoms with van der Waals surface area (Å²) in [5, 5.41) is 3.20. The molecule has 0 spiro atoms. The van der Waals surface area contributed by atoms with Crippen LogP contribution in [0.5, 0.6) is 0 Å². The number of amides is 1. The van der Waals surface area contributed by atoms with E-state index in [0.717, 1.165) is 65.0 Å². The summed E-state index contributed by atoms with van der Waals surface area (Å²) in [5.74, 6) is 0.331. The third-order valence-electron chi connectivity index (χ3n) is 6.32. The highest BCUT2D eigenvalue weighted by molar-refractivity contribution is 5.79. The Morgan fingerprint density at radius 1 is 1.10 bits per heavy atom. The van der Waals surface area contributed by atoms with Gasteiger partial charge >= 0.3 is 0 Å². The SMILES string of the molecule is Cc1cccc(N2CCCC(C(=O)NCCCN3CCc4ccccc4C3)C2)c1. The lowest BCUT2D eigenvalue weighted by Gasteiger charge is -2.34. The summed E-state index contributed by atoms with van der Waals surface area (Å²) < 4.78 is 0. The first-order valence-corrected chi connectivity index (χ1v) is 11.1. The largest absolute Gasteiger partial charge is 0.371 e. The Hall–Kier alpha value is -2.33. The molecule has 0 saturated carbocycles. The van der Waals surface area contributed by atoms with Gasteiger partial charge < -0.3 is 10.2 Å². The highest BCUT2D eigenvalue weighted by Gasteiger charge is 2.25. The first kappa shape index (κ1) is 20.0. The molecule has 2 heterocycles. The maximum Gasteiger partial charge on any atom is 0.224 e. The Labute approximate surface area is 174 Å². The monoisotopic (exact) mass is 391 g/mol. The fourth-order valence-electron chi connectivity index (χ4n) is 4.65. The van der Waals surface area contributed by atoms with Crippen LogP contribution in [0, 0.1) is 12.8 Å². The number of nitrogens with zero attached hydrogens (tertiary/aromatic N) is 2. The van der Waals surface area contributed by atoms with Crippen LogP contribution in [0.15, 0.2) is 48.5 Å². The van der Waals surface area contributed by atoms with E-state index in [-0.39, 0.29) is 11.8 Å². The number of anilines is 1. The molecule has 2 aromatic rings. The van der Waals surface area contributed by atoms with E-state index in [9.17, 15) is 4.79 Å². The molecule has 4 heteroatoms. The molecule has 1 saturated heterocycles. The molecule has 4 rings (SSSR count). The Morgan fingerprint density at radius 3 is 2.83 bits per heavy atom. The second-order valence-electron chi connectivity index (χ2n) is 8.56. The van der Waals surface area contributed by atoms with Crippen molar-refractivity contribution in [3.8, 4) is 0 Å². The van der Waals surface area contributed by atoms with Crippen molar-refractivity contribution in [2.45, 2.75) is 39.2 Å². The normalized spacial score (nSPS) is 19.6. The van der Waals surface area contributed by atoms with E-state index >= 15 is 0 Å². The number of rotatable bonds is 6. The van der Waals surface area contributed by atoms with Crippen molar-refractivity contribution in [3.05, 3.63) is 65.2 Å². The molecule has 29 heavy (non-hydrogen) atoms. The molecule has 0 aromatic heterocycles. The number of piperidine rings is 1. The van der Waals surface area contributed by atoms with Gasteiger partial charge in [-0.25, -0.2) is 0 Å². The molecule has 2 aliphatic rings. The topological polar surface area (TPSA) is 35.6 Å². The lowest BCUT2D eigenvalue weighted by molar-refractivity contribution is -0.125. The standard InChI is InChI=1S/C25H33N3O/c1-20-7-4-11-24(17-20)28-15-5-10-23(19-28)25(29)26-13-6-14-27-16-12-21-8-2-3-9-22(21)18-27/h2-4,7-9,11,17,23H,5-6,10,12-16,18-19H2,1H3,(H,26,29). The van der Waals surface area contributed by atoms with E-state index in [2.05, 4.69) is 70.6 Å². The fourth-order valence-corrected chi connectivity index (χ4v) is 4.65. The zero-order valence-electron chi connectivity index (χ0n) is 17.6. The van der Waals surface area contributed by atoms with Crippen LogP contribution in [0.2, 0.25) is 0 Å². The van der Waals surface area contributed by atoms with Crippen molar-refractivity contribution in [2.75, 3.05) is 37.6 Å². The third kappa shape index (κ3) is 5.18. The van der Waals surface area contributed by atoms with Crippen LogP contribution in [0.4, 0.5) is 5.69 Å². The summed E-state index contributed by atoms with van der Waals surface area (Å²) in [6.45, 7) is 7.99. The molecule has 1 atom stereocenters. The second-order valence-corrected chi connectivity index (χ2v) is 8.56. The first-order chi connectivity index (χ1) is 14.2. The van der Waals surface area contributed by atoms with Gasteiger partial charge in [0.1, 0.15) is 0 Å². The van der Waals surface area contributed by atoms with Crippen molar-refractivity contribution in [2.24, 2.45) is 5.92 Å². The van der Waals surface area contributed by atoms with Crippen molar-refractivity contribution in [1.82, 2.24) is 10.2 Å². The van der Waals surface area contributed by atoms with Gasteiger partial charge in [0.05, 0.1) is 5.92 Å². The van der Waals surface area contributed by atoms with Crippen LogP contribution in [-0.2, 0) is 17.8 Å². The number of benzene rings is 2. The van der Waals surface area contributed by atoms with Crippen LogP contribution in [-0.4, -0.2) is 43.5 Å². The summed E-state index contributed by atoms with van der Waals surface area (Å²) in [7, 11) is 0. The lowest BCUT2D eigenvalue weighted by atomic mass is 9.96. The van der Waals surface area contributed by atoms with E-state index in [4.69, 9.17) is 0 Å². The van der Waals surface area contributed by atoms with E-state index in [1.165, 1.54) is 22.4 Å². The smallest absolute Gasteiger partial charge is 0.224 e. The number of carbonyl (C=O) groups is 1. The average molecular weight is 392 g/mol. The number of aryl methyl sites for hydroxylation is 1. The molecule has 1 N–H and O–H groups in total. The Balaban J connectivity index is 1.20. The summed E-state index contributed by atoms with van der Waals surface area (Å²) in [5.41, 5.74) is 5.47. The van der Waals surface area contributed by atoms with Gasteiger partial charge in [-0.05, 0) is 61.4 Å². The van der Waals surface area contributed by atoms with Crippen molar-refractivity contribution >= 4 is 11.6 Å². The molecule has 1 fully saturated rings. The second kappa shape index (κ2) is 9.45. The third-order valence-corrected chi connectivity index (χ3v) is 6.32. The minimum atomic E-state index is 0.103. The van der Waals surface area contributed by atoms with Gasteiger partial charge in [-0.3, -0.25) is 9.69 Å². The Kier molecular flexibility index (Phi) is 6.50. The molecular weight excluding hydrogens is 358 g/mol. The van der Waals surface area contributed by atoms with Gasteiger partial charge in [-0.2, -0.15) is 0 Å². The Bertz CT molecular complexity index is 834. The predicted molar refractivity (Wildman–Crippen MR) is 119 cm³/mol. The molecule has 1 amide bonds. The number of carbonyl (C=O) groups excluding carboxylic acids is 1. The van der Waals surface area contributed by atoms with Crippen LogP contribution >= 0.6 is 0 Å². The minimum absolute atomic E-state index is 0.103. The molecule has 4 nitrogen and oxygen atoms in total. The van der Waals surface area contributed by atoms with Gasteiger partial charge in [0.15, 0.2) is 0 Å². The van der Waals surface area contributed by atoms with Gasteiger partial charge in [0, 0.05) is 45.0 Å². The molecule has 2 aromatic carbocycles. The maximum absolute atomic E-state index is 12.7. The molecule has 0 bridgehead atoms. The number of hydrogen-bond acceptors (Lipinski definition) is 3. The van der Waals surface area contributed by atoms with Crippen LogP contribution in [0.3, 0.4) is 0 Å². The Morgan fingerprint density at radius 2 is 1.97 bits per heavy atom. The number of fused-ring (bicyclic) bond motifs is 1. The quantitative estimate of drug-likeness (QED) is 0.762.